The van der Waals surface area contributed by atoms with Crippen molar-refractivity contribution in [2.75, 3.05) is 0 Å². The molecule has 0 aliphatic heterocycles. The molecule has 0 saturated carbocycles. The van der Waals surface area contributed by atoms with E-state index in [1.165, 1.54) is 25.2 Å². The van der Waals surface area contributed by atoms with E-state index in [0.717, 1.165) is 0 Å². The Labute approximate surface area is 146 Å². The van der Waals surface area contributed by atoms with Gasteiger partial charge in [0.15, 0.2) is 0 Å². The molecule has 23 heavy (non-hydrogen) atoms. The van der Waals surface area contributed by atoms with Crippen molar-refractivity contribution < 1.29 is 0 Å². The number of benzene rings is 3. The van der Waals surface area contributed by atoms with Gasteiger partial charge in [0.25, 0.3) is 0 Å². The van der Waals surface area contributed by atoms with Crippen molar-refractivity contribution in [1.29, 1.82) is 0 Å². The predicted octanol–water partition coefficient (Wildman–Crippen LogP) is 6.88. The van der Waals surface area contributed by atoms with Gasteiger partial charge in [-0.1, -0.05) is 89.8 Å². The monoisotopic (exact) mass is 334 g/mol. The molecule has 0 radical (unpaired) electrons. The number of thioether (sulfide) groups is 2. The lowest BCUT2D eigenvalue weighted by Crippen LogP contribution is -1.78. The zero-order valence-corrected chi connectivity index (χ0v) is 14.6. The highest BCUT2D eigenvalue weighted by Crippen LogP contribution is 2.40. The molecule has 0 bridgehead atoms. The summed E-state index contributed by atoms with van der Waals surface area (Å²) < 4.78 is 1.27. The van der Waals surface area contributed by atoms with Gasteiger partial charge >= 0.3 is 0 Å². The van der Waals surface area contributed by atoms with Crippen molar-refractivity contribution in [3.8, 4) is 0 Å². The minimum absolute atomic E-state index is 1.23. The fraction of sp³-hybridized carbons (Fsp3) is 0.0476. The minimum Gasteiger partial charge on any atom is -0.0827 e. The quantitative estimate of drug-likeness (QED) is 0.466. The van der Waals surface area contributed by atoms with Gasteiger partial charge in [0.2, 0.25) is 0 Å². The standard InChI is InChI=1S/C21H18S2/c1-17-12-14-18(15-13-17)16-21(22-19-8-4-2-5-9-19)23-20-10-6-3-7-11-20/h2-16H,1H3. The third-order valence-electron chi connectivity index (χ3n) is 3.29. The highest BCUT2D eigenvalue weighted by atomic mass is 32.2. The fourth-order valence-electron chi connectivity index (χ4n) is 2.09. The first-order chi connectivity index (χ1) is 11.3. The Hall–Kier alpha value is -1.90. The minimum atomic E-state index is 1.23. The molecular weight excluding hydrogens is 316 g/mol. The van der Waals surface area contributed by atoms with Crippen molar-refractivity contribution in [3.63, 3.8) is 0 Å². The van der Waals surface area contributed by atoms with Crippen LogP contribution in [0.2, 0.25) is 0 Å². The van der Waals surface area contributed by atoms with Crippen molar-refractivity contribution >= 4 is 29.6 Å². The van der Waals surface area contributed by atoms with Gasteiger partial charge in [0.05, 0.1) is 4.24 Å². The molecule has 0 saturated heterocycles. The Kier molecular flexibility index (Phi) is 5.62. The molecule has 0 amide bonds. The normalized spacial score (nSPS) is 10.3. The van der Waals surface area contributed by atoms with Crippen molar-refractivity contribution in [2.24, 2.45) is 0 Å². The molecule has 3 aromatic carbocycles. The van der Waals surface area contributed by atoms with Crippen molar-refractivity contribution in [1.82, 2.24) is 0 Å². The topological polar surface area (TPSA) is 0 Å². The molecule has 3 aromatic rings. The fourth-order valence-corrected chi connectivity index (χ4v) is 4.27. The molecule has 0 spiro atoms. The Balaban J connectivity index is 1.87. The van der Waals surface area contributed by atoms with Crippen LogP contribution >= 0.6 is 23.5 Å². The number of hydrogen-bond donors (Lipinski definition) is 0. The molecule has 0 aromatic heterocycles. The van der Waals surface area contributed by atoms with E-state index in [-0.39, 0.29) is 0 Å². The summed E-state index contributed by atoms with van der Waals surface area (Å²) in [4.78, 5) is 2.52. The summed E-state index contributed by atoms with van der Waals surface area (Å²) in [5.74, 6) is 0. The summed E-state index contributed by atoms with van der Waals surface area (Å²) in [6, 6.07) is 29.7. The zero-order chi connectivity index (χ0) is 15.9. The van der Waals surface area contributed by atoms with Crippen molar-refractivity contribution in [2.45, 2.75) is 16.7 Å². The first-order valence-corrected chi connectivity index (χ1v) is 9.17. The summed E-state index contributed by atoms with van der Waals surface area (Å²) in [6.45, 7) is 2.12. The maximum absolute atomic E-state index is 2.26. The average molecular weight is 335 g/mol. The SMILES string of the molecule is Cc1ccc(C=C(Sc2ccccc2)Sc2ccccc2)cc1. The largest absolute Gasteiger partial charge is 0.0827 e. The van der Waals surface area contributed by atoms with Crippen LogP contribution < -0.4 is 0 Å². The molecule has 0 nitrogen and oxygen atoms in total. The van der Waals surface area contributed by atoms with Gasteiger partial charge in [0.1, 0.15) is 0 Å². The summed E-state index contributed by atoms with van der Waals surface area (Å²) in [7, 11) is 0. The summed E-state index contributed by atoms with van der Waals surface area (Å²) >= 11 is 3.61. The summed E-state index contributed by atoms with van der Waals surface area (Å²) in [5.41, 5.74) is 2.52. The highest BCUT2D eigenvalue weighted by Gasteiger charge is 2.04. The van der Waals surface area contributed by atoms with E-state index >= 15 is 0 Å². The van der Waals surface area contributed by atoms with Gasteiger partial charge in [-0.15, -0.1) is 0 Å². The maximum Gasteiger partial charge on any atom is 0.0504 e. The molecular formula is C21H18S2. The van der Waals surface area contributed by atoms with Crippen LogP contribution in [-0.4, -0.2) is 0 Å². The molecule has 0 N–H and O–H groups in total. The molecule has 0 aliphatic rings. The molecule has 2 heteroatoms. The Bertz CT molecular complexity index is 716. The van der Waals surface area contributed by atoms with Crippen LogP contribution in [0.15, 0.2) is 99.0 Å². The van der Waals surface area contributed by atoms with Crippen LogP contribution in [-0.2, 0) is 0 Å². The van der Waals surface area contributed by atoms with Gasteiger partial charge in [-0.2, -0.15) is 0 Å². The van der Waals surface area contributed by atoms with Gasteiger partial charge in [0, 0.05) is 9.79 Å². The van der Waals surface area contributed by atoms with Crippen LogP contribution in [0.3, 0.4) is 0 Å². The molecule has 0 unspecified atom stereocenters. The Morgan fingerprint density at radius 2 is 1.13 bits per heavy atom. The lowest BCUT2D eigenvalue weighted by molar-refractivity contribution is 1.46. The first kappa shape index (κ1) is 16.0. The summed E-state index contributed by atoms with van der Waals surface area (Å²) in [6.07, 6.45) is 2.26. The third kappa shape index (κ3) is 5.05. The third-order valence-corrected chi connectivity index (χ3v) is 5.44. The van der Waals surface area contributed by atoms with Crippen LogP contribution in [0.5, 0.6) is 0 Å². The molecule has 0 atom stereocenters. The van der Waals surface area contributed by atoms with E-state index in [9.17, 15) is 0 Å². The average Bonchev–Trinajstić information content (AvgIpc) is 2.59. The van der Waals surface area contributed by atoms with E-state index in [2.05, 4.69) is 97.9 Å². The van der Waals surface area contributed by atoms with E-state index in [0.29, 0.717) is 0 Å². The van der Waals surface area contributed by atoms with Crippen LogP contribution in [0.1, 0.15) is 11.1 Å². The van der Waals surface area contributed by atoms with E-state index in [4.69, 9.17) is 0 Å². The van der Waals surface area contributed by atoms with Gasteiger partial charge in [-0.25, -0.2) is 0 Å². The van der Waals surface area contributed by atoms with Crippen LogP contribution in [0, 0.1) is 6.92 Å². The van der Waals surface area contributed by atoms with E-state index < -0.39 is 0 Å². The van der Waals surface area contributed by atoms with Crippen molar-refractivity contribution in [3.05, 3.63) is 100 Å². The van der Waals surface area contributed by atoms with Gasteiger partial charge in [-0.05, 0) is 42.8 Å². The summed E-state index contributed by atoms with van der Waals surface area (Å²) in [5, 5.41) is 0. The maximum atomic E-state index is 2.26. The molecule has 114 valence electrons. The first-order valence-electron chi connectivity index (χ1n) is 7.54. The second kappa shape index (κ2) is 8.09. The zero-order valence-electron chi connectivity index (χ0n) is 13.0. The molecule has 3 rings (SSSR count). The molecule has 0 fully saturated rings. The second-order valence-electron chi connectivity index (χ2n) is 5.20. The second-order valence-corrected chi connectivity index (χ2v) is 7.69. The van der Waals surface area contributed by atoms with E-state index in [1.54, 1.807) is 23.5 Å². The Morgan fingerprint density at radius 3 is 1.61 bits per heavy atom. The number of hydrogen-bond acceptors (Lipinski definition) is 2. The predicted molar refractivity (Wildman–Crippen MR) is 104 cm³/mol. The van der Waals surface area contributed by atoms with Crippen LogP contribution in [0.4, 0.5) is 0 Å². The lowest BCUT2D eigenvalue weighted by Gasteiger charge is -2.08. The van der Waals surface area contributed by atoms with Gasteiger partial charge < -0.3 is 0 Å². The van der Waals surface area contributed by atoms with E-state index in [1.807, 2.05) is 0 Å². The highest BCUT2D eigenvalue weighted by molar-refractivity contribution is 8.22. The Morgan fingerprint density at radius 1 is 0.652 bits per heavy atom. The lowest BCUT2D eigenvalue weighted by atomic mass is 10.1. The smallest absolute Gasteiger partial charge is 0.0504 e. The van der Waals surface area contributed by atoms with Crippen LogP contribution in [0.25, 0.3) is 6.08 Å². The number of aryl methyl sites for hydroxylation is 1. The molecule has 0 aliphatic carbocycles. The van der Waals surface area contributed by atoms with Gasteiger partial charge in [-0.3, -0.25) is 0 Å². The number of rotatable bonds is 5. The molecule has 0 heterocycles.